The molecular formula is C24H40N4O4S. The van der Waals surface area contributed by atoms with Crippen LogP contribution in [0.3, 0.4) is 0 Å². The van der Waals surface area contributed by atoms with Gasteiger partial charge in [-0.3, -0.25) is 0 Å². The number of carbonyl (C=O) groups excluding carboxylic acids is 1. The molecule has 2 amide bonds. The maximum atomic E-state index is 12.9. The summed E-state index contributed by atoms with van der Waals surface area (Å²) in [7, 11) is -3.40. The van der Waals surface area contributed by atoms with E-state index in [1.807, 2.05) is 13.0 Å². The lowest BCUT2D eigenvalue weighted by molar-refractivity contribution is -0.00525. The molecule has 0 bridgehead atoms. The molecule has 2 saturated heterocycles. The lowest BCUT2D eigenvalue weighted by Gasteiger charge is -2.38. The fraction of sp³-hybridized carbons (Fsp3) is 0.708. The molecule has 1 aromatic rings. The molecule has 2 aliphatic rings. The second kappa shape index (κ2) is 9.80. The number of likely N-dealkylation sites (tertiary alicyclic amines) is 1. The van der Waals surface area contributed by atoms with Crippen LogP contribution in [0.25, 0.3) is 0 Å². The van der Waals surface area contributed by atoms with Crippen LogP contribution in [0, 0.1) is 13.8 Å². The highest BCUT2D eigenvalue weighted by atomic mass is 32.2. The Morgan fingerprint density at radius 3 is 2.15 bits per heavy atom. The molecule has 0 aromatic heterocycles. The van der Waals surface area contributed by atoms with Crippen LogP contribution in [0.1, 0.15) is 58.6 Å². The van der Waals surface area contributed by atoms with Crippen molar-refractivity contribution in [1.82, 2.24) is 9.62 Å². The van der Waals surface area contributed by atoms with Crippen LogP contribution in [-0.4, -0.2) is 68.5 Å². The number of amides is 2. The Morgan fingerprint density at radius 1 is 1.03 bits per heavy atom. The molecular weight excluding hydrogens is 440 g/mol. The first kappa shape index (κ1) is 25.8. The molecule has 2 N–H and O–H groups in total. The van der Waals surface area contributed by atoms with Crippen LogP contribution in [-0.2, 0) is 14.8 Å². The molecule has 1 aromatic carbocycles. The molecule has 33 heavy (non-hydrogen) atoms. The van der Waals surface area contributed by atoms with Crippen molar-refractivity contribution < 1.29 is 17.9 Å². The lowest BCUT2D eigenvalue weighted by Crippen LogP contribution is -2.50. The molecule has 0 saturated carbocycles. The summed E-state index contributed by atoms with van der Waals surface area (Å²) in [5.41, 5.74) is 4.20. The molecule has 0 radical (unpaired) electrons. The summed E-state index contributed by atoms with van der Waals surface area (Å²) >= 11 is 0. The first-order valence-corrected chi connectivity index (χ1v) is 13.3. The molecule has 2 fully saturated rings. The van der Waals surface area contributed by atoms with E-state index in [2.05, 4.69) is 41.8 Å². The number of hydrogen-bond acceptors (Lipinski definition) is 5. The van der Waals surface area contributed by atoms with Crippen molar-refractivity contribution in [2.75, 3.05) is 36.4 Å². The highest BCUT2D eigenvalue weighted by Gasteiger charge is 2.33. The first-order valence-electron chi connectivity index (χ1n) is 11.9. The van der Waals surface area contributed by atoms with Crippen LogP contribution in [0.15, 0.2) is 12.1 Å². The summed E-state index contributed by atoms with van der Waals surface area (Å²) in [5, 5.41) is 3.06. The number of nitrogens with one attached hydrogen (secondary N) is 2. The number of sulfonamides is 1. The van der Waals surface area contributed by atoms with Crippen LogP contribution in [0.2, 0.25) is 0 Å². The number of rotatable bonds is 4. The van der Waals surface area contributed by atoms with Gasteiger partial charge in [-0.25, -0.2) is 17.9 Å². The maximum Gasteiger partial charge on any atom is 0.321 e. The monoisotopic (exact) mass is 480 g/mol. The van der Waals surface area contributed by atoms with Crippen molar-refractivity contribution >= 4 is 27.4 Å². The summed E-state index contributed by atoms with van der Waals surface area (Å²) < 4.78 is 32.6. The molecule has 9 heteroatoms. The minimum Gasteiger partial charge on any atom is -0.372 e. The maximum absolute atomic E-state index is 12.9. The highest BCUT2D eigenvalue weighted by molar-refractivity contribution is 7.90. The van der Waals surface area contributed by atoms with E-state index in [0.717, 1.165) is 29.9 Å². The standard InChI is InChI=1S/C24H40N4O4S/c1-16-14-28(15-17(2)32-16)22-9-8-21(18(3)19(22)4)25-23(29)27-12-10-20(11-13-27)26-33(30,31)24(5,6)7/h8-9,16-17,20,26H,10-15H2,1-7H3,(H,25,29)/t16-,17+. The van der Waals surface area contributed by atoms with Gasteiger partial charge in [0.15, 0.2) is 0 Å². The highest BCUT2D eigenvalue weighted by Crippen LogP contribution is 2.31. The number of piperidine rings is 1. The Morgan fingerprint density at radius 2 is 1.61 bits per heavy atom. The second-order valence-electron chi connectivity index (χ2n) is 10.5. The SMILES string of the molecule is Cc1c(NC(=O)N2CCC(NS(=O)(=O)C(C)(C)C)CC2)ccc(N2C[C@@H](C)O[C@@H](C)C2)c1C. The van der Waals surface area contributed by atoms with Gasteiger partial charge in [0.2, 0.25) is 10.0 Å². The normalized spacial score (nSPS) is 23.0. The summed E-state index contributed by atoms with van der Waals surface area (Å²) in [5.74, 6) is 0. The Bertz CT molecular complexity index is 955. The molecule has 2 aliphatic heterocycles. The molecule has 8 nitrogen and oxygen atoms in total. The van der Waals surface area contributed by atoms with E-state index in [4.69, 9.17) is 4.74 Å². The topological polar surface area (TPSA) is 91.0 Å². The molecule has 3 rings (SSSR count). The second-order valence-corrected chi connectivity index (χ2v) is 12.9. The number of morpholine rings is 1. The number of urea groups is 1. The van der Waals surface area contributed by atoms with Gasteiger partial charge in [-0.2, -0.15) is 0 Å². The van der Waals surface area contributed by atoms with Crippen LogP contribution < -0.4 is 14.9 Å². The summed E-state index contributed by atoms with van der Waals surface area (Å²) in [6, 6.07) is 3.77. The fourth-order valence-electron chi connectivity index (χ4n) is 4.45. The summed E-state index contributed by atoms with van der Waals surface area (Å²) in [6.07, 6.45) is 1.58. The van der Waals surface area contributed by atoms with Crippen molar-refractivity contribution in [3.63, 3.8) is 0 Å². The van der Waals surface area contributed by atoms with Gasteiger partial charge < -0.3 is 19.9 Å². The van der Waals surface area contributed by atoms with Crippen molar-refractivity contribution in [1.29, 1.82) is 0 Å². The van der Waals surface area contributed by atoms with Crippen LogP contribution in [0.5, 0.6) is 0 Å². The van der Waals surface area contributed by atoms with E-state index in [-0.39, 0.29) is 24.3 Å². The predicted molar refractivity (Wildman–Crippen MR) is 134 cm³/mol. The quantitative estimate of drug-likeness (QED) is 0.687. The largest absolute Gasteiger partial charge is 0.372 e. The third kappa shape index (κ3) is 6.00. The zero-order valence-corrected chi connectivity index (χ0v) is 21.9. The first-order chi connectivity index (χ1) is 15.3. The van der Waals surface area contributed by atoms with E-state index >= 15 is 0 Å². The number of carbonyl (C=O) groups is 1. The number of benzene rings is 1. The third-order valence-electron chi connectivity index (χ3n) is 6.67. The van der Waals surface area contributed by atoms with Gasteiger partial charge in [0, 0.05) is 43.6 Å². The average molecular weight is 481 g/mol. The molecule has 2 heterocycles. The average Bonchev–Trinajstić information content (AvgIpc) is 2.70. The van der Waals surface area contributed by atoms with Crippen molar-refractivity contribution in [3.05, 3.63) is 23.3 Å². The van der Waals surface area contributed by atoms with E-state index < -0.39 is 14.8 Å². The zero-order chi connectivity index (χ0) is 24.6. The summed E-state index contributed by atoms with van der Waals surface area (Å²) in [6.45, 7) is 16.1. The molecule has 186 valence electrons. The molecule has 0 spiro atoms. The van der Waals surface area contributed by atoms with Gasteiger partial charge in [-0.1, -0.05) is 0 Å². The van der Waals surface area contributed by atoms with Gasteiger partial charge in [0.05, 0.1) is 17.0 Å². The number of nitrogens with zero attached hydrogens (tertiary/aromatic N) is 2. The van der Waals surface area contributed by atoms with Gasteiger partial charge in [-0.05, 0) is 84.6 Å². The van der Waals surface area contributed by atoms with Crippen LogP contribution in [0.4, 0.5) is 16.2 Å². The molecule has 0 aliphatic carbocycles. The number of ether oxygens (including phenoxy) is 1. The van der Waals surface area contributed by atoms with E-state index in [1.165, 1.54) is 5.69 Å². The predicted octanol–water partition coefficient (Wildman–Crippen LogP) is 3.63. The number of hydrogen-bond donors (Lipinski definition) is 2. The Kier molecular flexibility index (Phi) is 7.65. The molecule has 0 unspecified atom stereocenters. The molecule has 2 atom stereocenters. The van der Waals surface area contributed by atoms with Gasteiger partial charge >= 0.3 is 6.03 Å². The Labute approximate surface area is 199 Å². The minimum atomic E-state index is -3.40. The van der Waals surface area contributed by atoms with E-state index in [0.29, 0.717) is 25.9 Å². The van der Waals surface area contributed by atoms with Crippen molar-refractivity contribution in [2.24, 2.45) is 0 Å². The van der Waals surface area contributed by atoms with Crippen molar-refractivity contribution in [3.8, 4) is 0 Å². The van der Waals surface area contributed by atoms with E-state index in [1.54, 1.807) is 25.7 Å². The Hall–Kier alpha value is -1.84. The zero-order valence-electron chi connectivity index (χ0n) is 21.1. The van der Waals surface area contributed by atoms with Gasteiger partial charge in [0.1, 0.15) is 0 Å². The Balaban J connectivity index is 1.60. The van der Waals surface area contributed by atoms with Crippen LogP contribution >= 0.6 is 0 Å². The third-order valence-corrected chi connectivity index (χ3v) is 8.93. The number of anilines is 2. The fourth-order valence-corrected chi connectivity index (χ4v) is 5.48. The lowest BCUT2D eigenvalue weighted by atomic mass is 10.0. The minimum absolute atomic E-state index is 0.139. The van der Waals surface area contributed by atoms with Crippen molar-refractivity contribution in [2.45, 2.75) is 84.3 Å². The smallest absolute Gasteiger partial charge is 0.321 e. The van der Waals surface area contributed by atoms with Gasteiger partial charge in [0.25, 0.3) is 0 Å². The summed E-state index contributed by atoms with van der Waals surface area (Å²) in [4.78, 5) is 17.0. The van der Waals surface area contributed by atoms with E-state index in [9.17, 15) is 13.2 Å². The van der Waals surface area contributed by atoms with Gasteiger partial charge in [-0.15, -0.1) is 0 Å².